The van der Waals surface area contributed by atoms with E-state index in [-0.39, 0.29) is 5.75 Å². The minimum absolute atomic E-state index is 0.289. The molecule has 1 saturated carbocycles. The summed E-state index contributed by atoms with van der Waals surface area (Å²) in [6.45, 7) is 5.00. The molecule has 0 saturated heterocycles. The molecule has 0 heterocycles. The molecule has 1 aliphatic rings. The second kappa shape index (κ2) is 6.11. The van der Waals surface area contributed by atoms with Gasteiger partial charge in [0.1, 0.15) is 0 Å². The van der Waals surface area contributed by atoms with E-state index in [1.807, 2.05) is 13.8 Å². The monoisotopic (exact) mass is 278 g/mol. The minimum atomic E-state index is -3.13. The van der Waals surface area contributed by atoms with E-state index in [9.17, 15) is 8.42 Å². The first kappa shape index (κ1) is 14.9. The Balaban J connectivity index is 2.61. The molecule has 0 radical (unpaired) electrons. The highest BCUT2D eigenvalue weighted by atomic mass is 32.2. The second-order valence-electron chi connectivity index (χ2n) is 5.19. The standard InChI is InChI=1S/C11H22N2O2S2/c1-9(2)7-13(6-5-11(12)16)17(14,15)8-10-3-4-10/h9-10H,3-8H2,1-2H3,(H2,12,16). The van der Waals surface area contributed by atoms with E-state index in [4.69, 9.17) is 18.0 Å². The fraction of sp³-hybridized carbons (Fsp3) is 0.909. The van der Waals surface area contributed by atoms with E-state index in [0.717, 1.165) is 12.8 Å². The number of nitrogens with zero attached hydrogens (tertiary/aromatic N) is 1. The maximum absolute atomic E-state index is 12.2. The average Bonchev–Trinajstić information content (AvgIpc) is 2.94. The van der Waals surface area contributed by atoms with Crippen LogP contribution in [0.4, 0.5) is 0 Å². The molecule has 0 aromatic heterocycles. The number of nitrogens with two attached hydrogens (primary N) is 1. The Morgan fingerprint density at radius 3 is 2.47 bits per heavy atom. The molecule has 0 aliphatic heterocycles. The topological polar surface area (TPSA) is 63.4 Å². The van der Waals surface area contributed by atoms with Gasteiger partial charge in [-0.2, -0.15) is 0 Å². The molecule has 4 nitrogen and oxygen atoms in total. The average molecular weight is 278 g/mol. The van der Waals surface area contributed by atoms with E-state index >= 15 is 0 Å². The van der Waals surface area contributed by atoms with Crippen LogP contribution in [0.2, 0.25) is 0 Å². The van der Waals surface area contributed by atoms with Crippen LogP contribution in [-0.2, 0) is 10.0 Å². The maximum atomic E-state index is 12.2. The van der Waals surface area contributed by atoms with Gasteiger partial charge in [-0.3, -0.25) is 0 Å². The molecule has 0 bridgehead atoms. The van der Waals surface area contributed by atoms with Crippen molar-refractivity contribution in [2.45, 2.75) is 33.1 Å². The molecule has 1 rings (SSSR count). The van der Waals surface area contributed by atoms with E-state index in [2.05, 4.69) is 0 Å². The summed E-state index contributed by atoms with van der Waals surface area (Å²) in [5.74, 6) is 0.978. The summed E-state index contributed by atoms with van der Waals surface area (Å²) in [5, 5.41) is 0. The van der Waals surface area contributed by atoms with Gasteiger partial charge in [-0.05, 0) is 24.7 Å². The predicted molar refractivity (Wildman–Crippen MR) is 74.3 cm³/mol. The zero-order chi connectivity index (χ0) is 13.1. The first-order chi connectivity index (χ1) is 7.81. The van der Waals surface area contributed by atoms with Crippen molar-refractivity contribution in [3.63, 3.8) is 0 Å². The molecule has 0 spiro atoms. The molecule has 1 aliphatic carbocycles. The molecule has 6 heteroatoms. The van der Waals surface area contributed by atoms with Gasteiger partial charge in [0.25, 0.3) is 0 Å². The smallest absolute Gasteiger partial charge is 0.214 e. The van der Waals surface area contributed by atoms with Crippen LogP contribution in [0.25, 0.3) is 0 Å². The number of hydrogen-bond donors (Lipinski definition) is 1. The highest BCUT2D eigenvalue weighted by molar-refractivity contribution is 7.89. The Morgan fingerprint density at radius 1 is 1.47 bits per heavy atom. The van der Waals surface area contributed by atoms with Gasteiger partial charge in [0.2, 0.25) is 10.0 Å². The molecule has 1 fully saturated rings. The van der Waals surface area contributed by atoms with Crippen molar-refractivity contribution in [3.05, 3.63) is 0 Å². The van der Waals surface area contributed by atoms with Crippen LogP contribution in [0.1, 0.15) is 33.1 Å². The van der Waals surface area contributed by atoms with E-state index in [1.54, 1.807) is 4.31 Å². The lowest BCUT2D eigenvalue weighted by atomic mass is 10.2. The summed E-state index contributed by atoms with van der Waals surface area (Å²) >= 11 is 4.81. The van der Waals surface area contributed by atoms with Crippen molar-refractivity contribution in [3.8, 4) is 0 Å². The largest absolute Gasteiger partial charge is 0.393 e. The van der Waals surface area contributed by atoms with Crippen molar-refractivity contribution in [1.82, 2.24) is 4.31 Å². The number of sulfonamides is 1. The van der Waals surface area contributed by atoms with Gasteiger partial charge < -0.3 is 5.73 Å². The molecule has 0 unspecified atom stereocenters. The van der Waals surface area contributed by atoms with E-state index in [1.165, 1.54) is 0 Å². The lowest BCUT2D eigenvalue weighted by Gasteiger charge is -2.23. The quantitative estimate of drug-likeness (QED) is 0.681. The summed E-state index contributed by atoms with van der Waals surface area (Å²) in [5.41, 5.74) is 5.44. The van der Waals surface area contributed by atoms with Crippen molar-refractivity contribution >= 4 is 27.2 Å². The summed E-state index contributed by atoms with van der Waals surface area (Å²) in [4.78, 5) is 0.375. The number of thiocarbonyl (C=S) groups is 1. The van der Waals surface area contributed by atoms with E-state index in [0.29, 0.717) is 36.3 Å². The van der Waals surface area contributed by atoms with Gasteiger partial charge in [-0.25, -0.2) is 12.7 Å². The van der Waals surface area contributed by atoms with Gasteiger partial charge in [0, 0.05) is 19.5 Å². The van der Waals surface area contributed by atoms with Crippen molar-refractivity contribution in [2.75, 3.05) is 18.8 Å². The molecule has 0 amide bonds. The lowest BCUT2D eigenvalue weighted by molar-refractivity contribution is 0.373. The summed E-state index contributed by atoms with van der Waals surface area (Å²) in [7, 11) is -3.13. The molecule has 0 aromatic rings. The van der Waals surface area contributed by atoms with Crippen LogP contribution < -0.4 is 5.73 Å². The molecule has 0 aromatic carbocycles. The van der Waals surface area contributed by atoms with Crippen LogP contribution in [0.15, 0.2) is 0 Å². The Labute approximate surface area is 110 Å². The summed E-state index contributed by atoms with van der Waals surface area (Å²) in [6, 6.07) is 0. The molecule has 17 heavy (non-hydrogen) atoms. The van der Waals surface area contributed by atoms with Crippen LogP contribution in [0, 0.1) is 11.8 Å². The fourth-order valence-electron chi connectivity index (χ4n) is 1.67. The third-order valence-corrected chi connectivity index (χ3v) is 4.93. The van der Waals surface area contributed by atoms with Crippen LogP contribution in [0.5, 0.6) is 0 Å². The van der Waals surface area contributed by atoms with Gasteiger partial charge in [0.05, 0.1) is 10.7 Å². The minimum Gasteiger partial charge on any atom is -0.393 e. The van der Waals surface area contributed by atoms with Gasteiger partial charge in [-0.15, -0.1) is 0 Å². The molecule has 2 N–H and O–H groups in total. The predicted octanol–water partition coefficient (Wildman–Crippen LogP) is 1.36. The number of rotatable bonds is 8. The third-order valence-electron chi connectivity index (χ3n) is 2.71. The van der Waals surface area contributed by atoms with Crippen molar-refractivity contribution in [1.29, 1.82) is 0 Å². The van der Waals surface area contributed by atoms with Crippen LogP contribution in [-0.4, -0.2) is 36.6 Å². The Hall–Kier alpha value is -0.200. The zero-order valence-corrected chi connectivity index (χ0v) is 12.2. The van der Waals surface area contributed by atoms with Gasteiger partial charge in [-0.1, -0.05) is 26.1 Å². The van der Waals surface area contributed by atoms with Gasteiger partial charge >= 0.3 is 0 Å². The van der Waals surface area contributed by atoms with Gasteiger partial charge in [0.15, 0.2) is 0 Å². The number of hydrogen-bond acceptors (Lipinski definition) is 3. The highest BCUT2D eigenvalue weighted by Crippen LogP contribution is 2.31. The van der Waals surface area contributed by atoms with Crippen LogP contribution in [0.3, 0.4) is 0 Å². The maximum Gasteiger partial charge on any atom is 0.214 e. The third kappa shape index (κ3) is 5.79. The Bertz CT molecular complexity index is 362. The lowest BCUT2D eigenvalue weighted by Crippen LogP contribution is -2.38. The summed E-state index contributed by atoms with van der Waals surface area (Å²) < 4.78 is 25.9. The normalized spacial score (nSPS) is 16.7. The Morgan fingerprint density at radius 2 is 2.06 bits per heavy atom. The van der Waals surface area contributed by atoms with Crippen molar-refractivity contribution < 1.29 is 8.42 Å². The first-order valence-electron chi connectivity index (χ1n) is 6.07. The SMILES string of the molecule is CC(C)CN(CCC(N)=S)S(=O)(=O)CC1CC1. The molecule has 100 valence electrons. The van der Waals surface area contributed by atoms with E-state index < -0.39 is 10.0 Å². The second-order valence-corrected chi connectivity index (χ2v) is 7.73. The molecular weight excluding hydrogens is 256 g/mol. The molecule has 0 atom stereocenters. The van der Waals surface area contributed by atoms with Crippen molar-refractivity contribution in [2.24, 2.45) is 17.6 Å². The van der Waals surface area contributed by atoms with Crippen LogP contribution >= 0.6 is 12.2 Å². The zero-order valence-electron chi connectivity index (χ0n) is 10.6. The highest BCUT2D eigenvalue weighted by Gasteiger charge is 2.32. The summed E-state index contributed by atoms with van der Waals surface area (Å²) in [6.07, 6.45) is 2.56. The fourth-order valence-corrected chi connectivity index (χ4v) is 3.80. The Kier molecular flexibility index (Phi) is 5.34. The molecular formula is C11H22N2O2S2. The first-order valence-corrected chi connectivity index (χ1v) is 8.09.